The van der Waals surface area contributed by atoms with E-state index < -0.39 is 0 Å². The molecule has 0 bridgehead atoms. The van der Waals surface area contributed by atoms with Crippen molar-refractivity contribution in [2.75, 3.05) is 30.3 Å². The van der Waals surface area contributed by atoms with Crippen molar-refractivity contribution in [3.05, 3.63) is 11.9 Å². The van der Waals surface area contributed by atoms with Crippen LogP contribution in [0.5, 0.6) is 0 Å². The van der Waals surface area contributed by atoms with E-state index in [4.69, 9.17) is 10.5 Å². The van der Waals surface area contributed by atoms with E-state index in [1.54, 1.807) is 0 Å². The maximum Gasteiger partial charge on any atom is 0.158 e. The Kier molecular flexibility index (Phi) is 4.24. The molecule has 2 heterocycles. The van der Waals surface area contributed by atoms with Crippen LogP contribution in [-0.4, -0.2) is 29.7 Å². The van der Waals surface area contributed by atoms with Crippen molar-refractivity contribution >= 4 is 11.6 Å². The molecule has 2 rings (SSSR count). The third-order valence-electron chi connectivity index (χ3n) is 3.44. The number of aromatic nitrogens is 2. The molecule has 106 valence electrons. The first-order valence-electron chi connectivity index (χ1n) is 6.96. The van der Waals surface area contributed by atoms with E-state index >= 15 is 0 Å². The van der Waals surface area contributed by atoms with Gasteiger partial charge in [0.1, 0.15) is 18.2 Å². The molecule has 5 nitrogen and oxygen atoms in total. The lowest BCUT2D eigenvalue weighted by Gasteiger charge is -2.38. The van der Waals surface area contributed by atoms with Crippen LogP contribution in [-0.2, 0) is 11.3 Å². The Balaban J connectivity index is 2.16. The summed E-state index contributed by atoms with van der Waals surface area (Å²) in [6.45, 7) is 9.68. The molecule has 1 fully saturated rings. The standard InChI is InChI=1S/C14H24N4O/c1-4-19-9-12-16-11(15)8-13(17-12)18-7-5-6-14(2,3)10-18/h8H,4-7,9-10H2,1-3H3,(H2,15,16,17). The van der Waals surface area contributed by atoms with Crippen LogP contribution in [0.25, 0.3) is 0 Å². The zero-order valence-electron chi connectivity index (χ0n) is 12.1. The lowest BCUT2D eigenvalue weighted by Crippen LogP contribution is -2.40. The van der Waals surface area contributed by atoms with Crippen molar-refractivity contribution in [3.8, 4) is 0 Å². The molecule has 0 radical (unpaired) electrons. The van der Waals surface area contributed by atoms with Gasteiger partial charge in [0.15, 0.2) is 5.82 Å². The molecule has 1 saturated heterocycles. The normalized spacial score (nSPS) is 18.6. The molecule has 0 spiro atoms. The number of anilines is 2. The molecule has 0 atom stereocenters. The average molecular weight is 264 g/mol. The molecule has 2 N–H and O–H groups in total. The van der Waals surface area contributed by atoms with E-state index in [-0.39, 0.29) is 0 Å². The first-order valence-corrected chi connectivity index (χ1v) is 6.96. The summed E-state index contributed by atoms with van der Waals surface area (Å²) >= 11 is 0. The fourth-order valence-electron chi connectivity index (χ4n) is 2.54. The number of piperidine rings is 1. The molecule has 0 amide bonds. The summed E-state index contributed by atoms with van der Waals surface area (Å²) in [6.07, 6.45) is 2.45. The number of nitrogens with zero attached hydrogens (tertiary/aromatic N) is 3. The van der Waals surface area contributed by atoms with Crippen LogP contribution in [0.3, 0.4) is 0 Å². The molecule has 19 heavy (non-hydrogen) atoms. The highest BCUT2D eigenvalue weighted by atomic mass is 16.5. The molecule has 1 aliphatic rings. The summed E-state index contributed by atoms with van der Waals surface area (Å²) in [4.78, 5) is 11.1. The molecular weight excluding hydrogens is 240 g/mol. The molecular formula is C14H24N4O. The number of hydrogen-bond donors (Lipinski definition) is 1. The minimum absolute atomic E-state index is 0.331. The van der Waals surface area contributed by atoms with Crippen molar-refractivity contribution in [2.24, 2.45) is 5.41 Å². The van der Waals surface area contributed by atoms with Crippen molar-refractivity contribution in [1.82, 2.24) is 9.97 Å². The smallest absolute Gasteiger partial charge is 0.158 e. The van der Waals surface area contributed by atoms with Gasteiger partial charge in [-0.3, -0.25) is 0 Å². The zero-order valence-corrected chi connectivity index (χ0v) is 12.1. The maximum atomic E-state index is 5.87. The third-order valence-corrected chi connectivity index (χ3v) is 3.44. The Bertz CT molecular complexity index is 433. The van der Waals surface area contributed by atoms with Crippen LogP contribution in [0.4, 0.5) is 11.6 Å². The predicted molar refractivity (Wildman–Crippen MR) is 77.0 cm³/mol. The number of nitrogens with two attached hydrogens (primary N) is 1. The van der Waals surface area contributed by atoms with Gasteiger partial charge in [0.05, 0.1) is 0 Å². The van der Waals surface area contributed by atoms with E-state index in [2.05, 4.69) is 28.7 Å². The van der Waals surface area contributed by atoms with Gasteiger partial charge in [-0.05, 0) is 25.2 Å². The molecule has 0 aromatic carbocycles. The zero-order chi connectivity index (χ0) is 13.9. The minimum atomic E-state index is 0.331. The Morgan fingerprint density at radius 2 is 2.21 bits per heavy atom. The highest BCUT2D eigenvalue weighted by molar-refractivity contribution is 5.47. The molecule has 1 aromatic heterocycles. The fourth-order valence-corrected chi connectivity index (χ4v) is 2.54. The minimum Gasteiger partial charge on any atom is -0.384 e. The number of nitrogen functional groups attached to an aromatic ring is 1. The Labute approximate surface area is 115 Å². The van der Waals surface area contributed by atoms with Crippen LogP contribution in [0.15, 0.2) is 6.07 Å². The second-order valence-corrected chi connectivity index (χ2v) is 5.89. The van der Waals surface area contributed by atoms with Gasteiger partial charge in [-0.2, -0.15) is 0 Å². The van der Waals surface area contributed by atoms with E-state index in [9.17, 15) is 0 Å². The lowest BCUT2D eigenvalue weighted by molar-refractivity contribution is 0.128. The van der Waals surface area contributed by atoms with Gasteiger partial charge in [0.2, 0.25) is 0 Å². The summed E-state index contributed by atoms with van der Waals surface area (Å²) in [5.41, 5.74) is 6.20. The van der Waals surface area contributed by atoms with Crippen molar-refractivity contribution in [3.63, 3.8) is 0 Å². The summed E-state index contributed by atoms with van der Waals surface area (Å²) in [5.74, 6) is 2.11. The van der Waals surface area contributed by atoms with E-state index in [0.29, 0.717) is 30.3 Å². The predicted octanol–water partition coefficient (Wildman–Crippen LogP) is 2.22. The molecule has 0 saturated carbocycles. The molecule has 0 unspecified atom stereocenters. The quantitative estimate of drug-likeness (QED) is 0.903. The monoisotopic (exact) mass is 264 g/mol. The lowest BCUT2D eigenvalue weighted by atomic mass is 9.84. The van der Waals surface area contributed by atoms with Crippen LogP contribution >= 0.6 is 0 Å². The summed E-state index contributed by atoms with van der Waals surface area (Å²) in [6, 6.07) is 1.86. The summed E-state index contributed by atoms with van der Waals surface area (Å²) < 4.78 is 5.36. The van der Waals surface area contributed by atoms with Crippen molar-refractivity contribution in [2.45, 2.75) is 40.2 Å². The van der Waals surface area contributed by atoms with Gasteiger partial charge in [-0.15, -0.1) is 0 Å². The van der Waals surface area contributed by atoms with Gasteiger partial charge in [-0.1, -0.05) is 13.8 Å². The van der Waals surface area contributed by atoms with Crippen molar-refractivity contribution in [1.29, 1.82) is 0 Å². The second-order valence-electron chi connectivity index (χ2n) is 5.89. The number of hydrogen-bond acceptors (Lipinski definition) is 5. The van der Waals surface area contributed by atoms with Crippen LogP contribution in [0.2, 0.25) is 0 Å². The SMILES string of the molecule is CCOCc1nc(N)cc(N2CCCC(C)(C)C2)n1. The van der Waals surface area contributed by atoms with Gasteiger partial charge in [0.25, 0.3) is 0 Å². The van der Waals surface area contributed by atoms with E-state index in [1.807, 2.05) is 13.0 Å². The highest BCUT2D eigenvalue weighted by Gasteiger charge is 2.27. The van der Waals surface area contributed by atoms with Gasteiger partial charge in [0, 0.05) is 25.8 Å². The van der Waals surface area contributed by atoms with Crippen LogP contribution in [0, 0.1) is 5.41 Å². The van der Waals surface area contributed by atoms with Crippen molar-refractivity contribution < 1.29 is 4.74 Å². The van der Waals surface area contributed by atoms with Gasteiger partial charge in [-0.25, -0.2) is 9.97 Å². The maximum absolute atomic E-state index is 5.87. The van der Waals surface area contributed by atoms with Gasteiger partial charge >= 0.3 is 0 Å². The van der Waals surface area contributed by atoms with Crippen LogP contribution in [0.1, 0.15) is 39.4 Å². The molecule has 1 aliphatic heterocycles. The van der Waals surface area contributed by atoms with E-state index in [1.165, 1.54) is 12.8 Å². The molecule has 1 aromatic rings. The second kappa shape index (κ2) is 5.74. The Morgan fingerprint density at radius 3 is 2.89 bits per heavy atom. The average Bonchev–Trinajstić information content (AvgIpc) is 2.34. The summed E-state index contributed by atoms with van der Waals surface area (Å²) in [5, 5.41) is 0. The van der Waals surface area contributed by atoms with Gasteiger partial charge < -0.3 is 15.4 Å². The topological polar surface area (TPSA) is 64.3 Å². The first kappa shape index (κ1) is 14.1. The highest BCUT2D eigenvalue weighted by Crippen LogP contribution is 2.31. The van der Waals surface area contributed by atoms with Crippen LogP contribution < -0.4 is 10.6 Å². The Morgan fingerprint density at radius 1 is 1.42 bits per heavy atom. The molecule has 5 heteroatoms. The third kappa shape index (κ3) is 3.80. The van der Waals surface area contributed by atoms with E-state index in [0.717, 1.165) is 18.9 Å². The molecule has 0 aliphatic carbocycles. The largest absolute Gasteiger partial charge is 0.384 e. The Hall–Kier alpha value is -1.36. The number of ether oxygens (including phenoxy) is 1. The fraction of sp³-hybridized carbons (Fsp3) is 0.714. The number of rotatable bonds is 4. The first-order chi connectivity index (χ1) is 9.00. The summed E-state index contributed by atoms with van der Waals surface area (Å²) in [7, 11) is 0.